The fourth-order valence-electron chi connectivity index (χ4n) is 4.11. The molecule has 1 saturated carbocycles. The summed E-state index contributed by atoms with van der Waals surface area (Å²) in [6.07, 6.45) is 2.11. The molecule has 31 heavy (non-hydrogen) atoms. The average molecular weight is 418 g/mol. The van der Waals surface area contributed by atoms with Crippen molar-refractivity contribution in [2.45, 2.75) is 31.4 Å². The van der Waals surface area contributed by atoms with Crippen molar-refractivity contribution >= 4 is 5.91 Å². The van der Waals surface area contributed by atoms with Gasteiger partial charge in [0.15, 0.2) is 5.69 Å². The van der Waals surface area contributed by atoms with Gasteiger partial charge < -0.3 is 10.1 Å². The molecule has 1 saturated heterocycles. The van der Waals surface area contributed by atoms with Crippen molar-refractivity contribution in [3.8, 4) is 5.69 Å². The first kappa shape index (κ1) is 19.9. The molecule has 2 aromatic carbocycles. The van der Waals surface area contributed by atoms with Crippen molar-refractivity contribution in [3.63, 3.8) is 0 Å². The van der Waals surface area contributed by atoms with E-state index >= 15 is 0 Å². The number of para-hydroxylation sites is 1. The van der Waals surface area contributed by atoms with Gasteiger partial charge in [-0.25, -0.2) is 4.68 Å². The number of hydrogen-bond donors (Lipinski definition) is 1. The SMILES string of the molecule is O=C(NCC1CN(Cc2ccccc2)CCO1)c1nnn(-c2ccccc2)c1C1CC1. The first-order valence-corrected chi connectivity index (χ1v) is 10.9. The molecule has 1 atom stereocenters. The molecule has 7 nitrogen and oxygen atoms in total. The Morgan fingerprint density at radius 3 is 2.55 bits per heavy atom. The Hall–Kier alpha value is -3.03. The maximum Gasteiger partial charge on any atom is 0.273 e. The summed E-state index contributed by atoms with van der Waals surface area (Å²) in [5, 5.41) is 11.6. The summed E-state index contributed by atoms with van der Waals surface area (Å²) in [7, 11) is 0. The van der Waals surface area contributed by atoms with Crippen molar-refractivity contribution in [2.24, 2.45) is 0 Å². The van der Waals surface area contributed by atoms with E-state index in [2.05, 4.69) is 44.8 Å². The van der Waals surface area contributed by atoms with Crippen molar-refractivity contribution in [3.05, 3.63) is 77.6 Å². The van der Waals surface area contributed by atoms with Crippen LogP contribution in [-0.4, -0.2) is 58.1 Å². The van der Waals surface area contributed by atoms with Gasteiger partial charge in [0.2, 0.25) is 0 Å². The van der Waals surface area contributed by atoms with Crippen molar-refractivity contribution in [2.75, 3.05) is 26.2 Å². The number of aromatic nitrogens is 3. The third-order valence-corrected chi connectivity index (χ3v) is 5.85. The number of morpholine rings is 1. The highest BCUT2D eigenvalue weighted by Gasteiger charge is 2.34. The van der Waals surface area contributed by atoms with Crippen molar-refractivity contribution in [1.29, 1.82) is 0 Å². The summed E-state index contributed by atoms with van der Waals surface area (Å²) >= 11 is 0. The van der Waals surface area contributed by atoms with Gasteiger partial charge in [0.1, 0.15) is 0 Å². The second kappa shape index (κ2) is 8.99. The van der Waals surface area contributed by atoms with Crippen molar-refractivity contribution in [1.82, 2.24) is 25.2 Å². The van der Waals surface area contributed by atoms with E-state index in [1.54, 1.807) is 0 Å². The van der Waals surface area contributed by atoms with E-state index in [1.807, 2.05) is 41.1 Å². The molecule has 3 aromatic rings. The van der Waals surface area contributed by atoms with E-state index in [4.69, 9.17) is 4.74 Å². The predicted molar refractivity (Wildman–Crippen MR) is 117 cm³/mol. The molecule has 1 aromatic heterocycles. The summed E-state index contributed by atoms with van der Waals surface area (Å²) in [4.78, 5) is 15.3. The quantitative estimate of drug-likeness (QED) is 0.640. The summed E-state index contributed by atoms with van der Waals surface area (Å²) in [5.41, 5.74) is 3.57. The van der Waals surface area contributed by atoms with Gasteiger partial charge >= 0.3 is 0 Å². The van der Waals surface area contributed by atoms with Crippen LogP contribution in [0.3, 0.4) is 0 Å². The van der Waals surface area contributed by atoms with Crippen LogP contribution >= 0.6 is 0 Å². The molecule has 0 bridgehead atoms. The molecule has 7 heteroatoms. The van der Waals surface area contributed by atoms with Crippen molar-refractivity contribution < 1.29 is 9.53 Å². The first-order chi connectivity index (χ1) is 15.3. The Labute approximate surface area is 182 Å². The molecule has 1 amide bonds. The smallest absolute Gasteiger partial charge is 0.273 e. The fraction of sp³-hybridized carbons (Fsp3) is 0.375. The van der Waals surface area contributed by atoms with Crippen LogP contribution in [0, 0.1) is 0 Å². The van der Waals surface area contributed by atoms with Crippen LogP contribution in [0.4, 0.5) is 0 Å². The maximum absolute atomic E-state index is 13.0. The highest BCUT2D eigenvalue weighted by molar-refractivity contribution is 5.93. The Morgan fingerprint density at radius 1 is 1.06 bits per heavy atom. The second-order valence-corrected chi connectivity index (χ2v) is 8.27. The van der Waals surface area contributed by atoms with Gasteiger partial charge in [-0.3, -0.25) is 9.69 Å². The third kappa shape index (κ3) is 4.68. The predicted octanol–water partition coefficient (Wildman–Crippen LogP) is 2.78. The lowest BCUT2D eigenvalue weighted by Gasteiger charge is -2.33. The zero-order chi connectivity index (χ0) is 21.0. The summed E-state index contributed by atoms with van der Waals surface area (Å²) in [5.74, 6) is 0.177. The normalized spacial score (nSPS) is 19.3. The minimum Gasteiger partial charge on any atom is -0.374 e. The summed E-state index contributed by atoms with van der Waals surface area (Å²) < 4.78 is 7.71. The molecule has 1 N–H and O–H groups in total. The van der Waals surface area contributed by atoms with Gasteiger partial charge in [0.25, 0.3) is 5.91 Å². The van der Waals surface area contributed by atoms with E-state index < -0.39 is 0 Å². The van der Waals surface area contributed by atoms with Crippen LogP contribution < -0.4 is 5.32 Å². The van der Waals surface area contributed by atoms with Gasteiger partial charge in [-0.05, 0) is 30.5 Å². The van der Waals surface area contributed by atoms with Crippen LogP contribution in [-0.2, 0) is 11.3 Å². The Bertz CT molecular complexity index is 1020. The molecule has 1 aliphatic carbocycles. The molecule has 2 heterocycles. The number of nitrogens with zero attached hydrogens (tertiary/aromatic N) is 4. The van der Waals surface area contributed by atoms with Crippen LogP contribution in [0.15, 0.2) is 60.7 Å². The lowest BCUT2D eigenvalue weighted by Crippen LogP contribution is -2.47. The highest BCUT2D eigenvalue weighted by atomic mass is 16.5. The number of carbonyl (C=O) groups is 1. The number of ether oxygens (including phenoxy) is 1. The molecule has 1 aliphatic heterocycles. The topological polar surface area (TPSA) is 72.3 Å². The lowest BCUT2D eigenvalue weighted by atomic mass is 10.2. The van der Waals surface area contributed by atoms with Crippen LogP contribution in [0.2, 0.25) is 0 Å². The number of carbonyl (C=O) groups excluding carboxylic acids is 1. The molecule has 1 unspecified atom stereocenters. The summed E-state index contributed by atoms with van der Waals surface area (Å²) in [6.45, 7) is 3.72. The number of hydrogen-bond acceptors (Lipinski definition) is 5. The van der Waals surface area contributed by atoms with E-state index in [0.717, 1.165) is 43.9 Å². The molecular formula is C24H27N5O2. The van der Waals surface area contributed by atoms with E-state index in [9.17, 15) is 4.79 Å². The fourth-order valence-corrected chi connectivity index (χ4v) is 4.11. The number of nitrogens with one attached hydrogen (secondary N) is 1. The average Bonchev–Trinajstić information content (AvgIpc) is 3.56. The standard InChI is InChI=1S/C24H27N5O2/c30-24(22-23(19-11-12-19)29(27-26-22)20-9-5-2-6-10-20)25-15-21-17-28(13-14-31-21)16-18-7-3-1-4-8-18/h1-10,19,21H,11-17H2,(H,25,30). The van der Waals surface area contributed by atoms with Crippen LogP contribution in [0.1, 0.15) is 40.5 Å². The highest BCUT2D eigenvalue weighted by Crippen LogP contribution is 2.41. The minimum atomic E-state index is -0.173. The third-order valence-electron chi connectivity index (χ3n) is 5.85. The summed E-state index contributed by atoms with van der Waals surface area (Å²) in [6, 6.07) is 20.3. The Kier molecular flexibility index (Phi) is 5.78. The number of amides is 1. The van der Waals surface area contributed by atoms with Gasteiger partial charge in [0, 0.05) is 32.1 Å². The van der Waals surface area contributed by atoms with Gasteiger partial charge in [0.05, 0.1) is 24.1 Å². The lowest BCUT2D eigenvalue weighted by molar-refractivity contribution is -0.0292. The Balaban J connectivity index is 1.22. The molecule has 0 radical (unpaired) electrons. The second-order valence-electron chi connectivity index (χ2n) is 8.27. The largest absolute Gasteiger partial charge is 0.374 e. The first-order valence-electron chi connectivity index (χ1n) is 10.9. The zero-order valence-corrected chi connectivity index (χ0v) is 17.5. The number of rotatable bonds is 7. The monoisotopic (exact) mass is 417 g/mol. The molecule has 2 fully saturated rings. The molecule has 2 aliphatic rings. The molecular weight excluding hydrogens is 390 g/mol. The molecule has 160 valence electrons. The maximum atomic E-state index is 13.0. The number of benzene rings is 2. The van der Waals surface area contributed by atoms with Crippen LogP contribution in [0.5, 0.6) is 0 Å². The van der Waals surface area contributed by atoms with E-state index in [-0.39, 0.29) is 12.0 Å². The zero-order valence-electron chi connectivity index (χ0n) is 17.5. The van der Waals surface area contributed by atoms with E-state index in [1.165, 1.54) is 5.56 Å². The molecule has 5 rings (SSSR count). The Morgan fingerprint density at radius 2 is 1.81 bits per heavy atom. The minimum absolute atomic E-state index is 0.0324. The van der Waals surface area contributed by atoms with Gasteiger partial charge in [-0.15, -0.1) is 5.10 Å². The van der Waals surface area contributed by atoms with Gasteiger partial charge in [-0.2, -0.15) is 0 Å². The van der Waals surface area contributed by atoms with Crippen LogP contribution in [0.25, 0.3) is 5.69 Å². The van der Waals surface area contributed by atoms with Gasteiger partial charge in [-0.1, -0.05) is 53.7 Å². The van der Waals surface area contributed by atoms with E-state index in [0.29, 0.717) is 24.8 Å². The molecule has 0 spiro atoms.